The van der Waals surface area contributed by atoms with Crippen LogP contribution in [0.4, 0.5) is 0 Å². The van der Waals surface area contributed by atoms with Crippen molar-refractivity contribution in [3.8, 4) is 0 Å². The van der Waals surface area contributed by atoms with Gasteiger partial charge in [0.05, 0.1) is 6.33 Å². The minimum absolute atomic E-state index is 0.131. The first-order valence-electron chi connectivity index (χ1n) is 6.30. The van der Waals surface area contributed by atoms with E-state index in [-0.39, 0.29) is 17.4 Å². The number of halogens is 1. The largest absolute Gasteiger partial charge is 0.477 e. The lowest BCUT2D eigenvalue weighted by atomic mass is 10.1. The average Bonchev–Trinajstić information content (AvgIpc) is 2.91. The number of aromatic carboxylic acids is 1. The molecule has 110 valence electrons. The minimum atomic E-state index is -1.23. The molecule has 1 aromatic heterocycles. The summed E-state index contributed by atoms with van der Waals surface area (Å²) in [6, 6.07) is 7.14. The van der Waals surface area contributed by atoms with Crippen molar-refractivity contribution < 1.29 is 14.7 Å². The zero-order chi connectivity index (χ0) is 15.4. The number of imidazole rings is 1. The van der Waals surface area contributed by atoms with E-state index < -0.39 is 11.9 Å². The number of hydrogen-bond acceptors (Lipinski definition) is 3. The van der Waals surface area contributed by atoms with Crippen LogP contribution in [-0.4, -0.2) is 33.0 Å². The standard InChI is InChI=1S/C14H14ClN3O3/c1-8(6-9-4-2-3-5-10(9)15)18-13(19)11-12(14(20)21)17-7-16-11/h2-5,7-8H,6H2,1H3,(H,16,17)(H,18,19)(H,20,21). The number of rotatable bonds is 5. The summed E-state index contributed by atoms with van der Waals surface area (Å²) in [7, 11) is 0. The van der Waals surface area contributed by atoms with E-state index in [1.807, 2.05) is 25.1 Å². The Morgan fingerprint density at radius 3 is 2.81 bits per heavy atom. The van der Waals surface area contributed by atoms with Crippen molar-refractivity contribution in [3.63, 3.8) is 0 Å². The number of carbonyl (C=O) groups excluding carboxylic acids is 1. The quantitative estimate of drug-likeness (QED) is 0.788. The molecule has 0 aliphatic carbocycles. The van der Waals surface area contributed by atoms with E-state index >= 15 is 0 Å². The average molecular weight is 308 g/mol. The fourth-order valence-electron chi connectivity index (χ4n) is 1.97. The van der Waals surface area contributed by atoms with E-state index in [1.165, 1.54) is 6.33 Å². The number of aromatic nitrogens is 2. The van der Waals surface area contributed by atoms with E-state index in [0.29, 0.717) is 11.4 Å². The molecule has 0 bridgehead atoms. The number of aromatic amines is 1. The normalized spacial score (nSPS) is 11.9. The predicted octanol–water partition coefficient (Wildman–Crippen LogP) is 2.12. The highest BCUT2D eigenvalue weighted by Crippen LogP contribution is 2.16. The molecule has 3 N–H and O–H groups in total. The Labute approximate surface area is 126 Å². The first-order chi connectivity index (χ1) is 9.99. The van der Waals surface area contributed by atoms with Crippen LogP contribution in [-0.2, 0) is 6.42 Å². The number of carboxylic acid groups (broad SMARTS) is 1. The Morgan fingerprint density at radius 2 is 2.14 bits per heavy atom. The Kier molecular flexibility index (Phi) is 4.59. The monoisotopic (exact) mass is 307 g/mol. The maximum absolute atomic E-state index is 12.0. The van der Waals surface area contributed by atoms with E-state index in [4.69, 9.17) is 16.7 Å². The zero-order valence-electron chi connectivity index (χ0n) is 11.3. The van der Waals surface area contributed by atoms with Gasteiger partial charge in [-0.1, -0.05) is 29.8 Å². The second kappa shape index (κ2) is 6.41. The third-order valence-electron chi connectivity index (χ3n) is 2.93. The Hall–Kier alpha value is -2.34. The van der Waals surface area contributed by atoms with E-state index in [1.54, 1.807) is 6.07 Å². The Morgan fingerprint density at radius 1 is 1.43 bits per heavy atom. The number of hydrogen-bond donors (Lipinski definition) is 3. The van der Waals surface area contributed by atoms with Crippen LogP contribution in [0.15, 0.2) is 30.6 Å². The first kappa shape index (κ1) is 15.1. The van der Waals surface area contributed by atoms with Crippen molar-refractivity contribution in [2.75, 3.05) is 0 Å². The highest BCUT2D eigenvalue weighted by Gasteiger charge is 2.21. The second-order valence-corrected chi connectivity index (χ2v) is 5.01. The number of nitrogens with zero attached hydrogens (tertiary/aromatic N) is 1. The number of carboxylic acids is 1. The van der Waals surface area contributed by atoms with Gasteiger partial charge in [-0.05, 0) is 25.0 Å². The molecule has 0 aliphatic rings. The summed E-state index contributed by atoms with van der Waals surface area (Å²) in [6.07, 6.45) is 1.72. The molecule has 0 radical (unpaired) electrons. The van der Waals surface area contributed by atoms with Gasteiger partial charge >= 0.3 is 5.97 Å². The van der Waals surface area contributed by atoms with Gasteiger partial charge in [0.2, 0.25) is 0 Å². The number of carbonyl (C=O) groups is 2. The molecule has 1 unspecified atom stereocenters. The summed E-state index contributed by atoms with van der Waals surface area (Å²) in [6.45, 7) is 1.81. The van der Waals surface area contributed by atoms with Crippen LogP contribution in [0.3, 0.4) is 0 Å². The zero-order valence-corrected chi connectivity index (χ0v) is 12.0. The van der Waals surface area contributed by atoms with Gasteiger partial charge in [-0.3, -0.25) is 4.79 Å². The van der Waals surface area contributed by atoms with Gasteiger partial charge in [0.1, 0.15) is 0 Å². The SMILES string of the molecule is CC(Cc1ccccc1Cl)NC(=O)c1nc[nH]c1C(=O)O. The van der Waals surface area contributed by atoms with Crippen LogP contribution in [0.5, 0.6) is 0 Å². The third-order valence-corrected chi connectivity index (χ3v) is 3.30. The van der Waals surface area contributed by atoms with Gasteiger partial charge < -0.3 is 15.4 Å². The fourth-order valence-corrected chi connectivity index (χ4v) is 2.18. The van der Waals surface area contributed by atoms with Gasteiger partial charge in [0, 0.05) is 11.1 Å². The molecule has 0 aliphatic heterocycles. The van der Waals surface area contributed by atoms with Gasteiger partial charge in [0.15, 0.2) is 11.4 Å². The molecular weight excluding hydrogens is 294 g/mol. The van der Waals surface area contributed by atoms with Crippen molar-refractivity contribution in [2.24, 2.45) is 0 Å². The smallest absolute Gasteiger partial charge is 0.354 e. The van der Waals surface area contributed by atoms with Crippen LogP contribution < -0.4 is 5.32 Å². The summed E-state index contributed by atoms with van der Waals surface area (Å²) in [5.74, 6) is -1.76. The van der Waals surface area contributed by atoms with Crippen molar-refractivity contribution in [1.29, 1.82) is 0 Å². The number of amides is 1. The summed E-state index contributed by atoms with van der Waals surface area (Å²) in [5.41, 5.74) is 0.554. The molecule has 0 fully saturated rings. The molecule has 7 heteroatoms. The van der Waals surface area contributed by atoms with Crippen LogP contribution in [0.2, 0.25) is 5.02 Å². The molecule has 21 heavy (non-hydrogen) atoms. The van der Waals surface area contributed by atoms with Gasteiger partial charge in [-0.15, -0.1) is 0 Å². The van der Waals surface area contributed by atoms with Crippen LogP contribution >= 0.6 is 11.6 Å². The lowest BCUT2D eigenvalue weighted by Crippen LogP contribution is -2.35. The Balaban J connectivity index is 2.04. The molecule has 0 spiro atoms. The third kappa shape index (κ3) is 3.61. The van der Waals surface area contributed by atoms with Crippen molar-refractivity contribution in [3.05, 3.63) is 52.6 Å². The molecule has 1 amide bonds. The topological polar surface area (TPSA) is 95.1 Å². The van der Waals surface area contributed by atoms with Crippen LogP contribution in [0, 0.1) is 0 Å². The van der Waals surface area contributed by atoms with Crippen molar-refractivity contribution in [2.45, 2.75) is 19.4 Å². The molecule has 1 atom stereocenters. The lowest BCUT2D eigenvalue weighted by Gasteiger charge is -2.14. The van der Waals surface area contributed by atoms with E-state index in [0.717, 1.165) is 5.56 Å². The summed E-state index contributed by atoms with van der Waals surface area (Å²) < 4.78 is 0. The molecule has 1 aromatic carbocycles. The molecule has 0 saturated heterocycles. The highest BCUT2D eigenvalue weighted by atomic mass is 35.5. The summed E-state index contributed by atoms with van der Waals surface area (Å²) in [5, 5.41) is 12.3. The molecule has 2 aromatic rings. The predicted molar refractivity (Wildman–Crippen MR) is 77.6 cm³/mol. The lowest BCUT2D eigenvalue weighted by molar-refractivity contribution is 0.0684. The van der Waals surface area contributed by atoms with Crippen LogP contribution in [0.25, 0.3) is 0 Å². The van der Waals surface area contributed by atoms with Crippen molar-refractivity contribution >= 4 is 23.5 Å². The van der Waals surface area contributed by atoms with Gasteiger partial charge in [-0.2, -0.15) is 0 Å². The molecule has 6 nitrogen and oxygen atoms in total. The maximum atomic E-state index is 12.0. The molecule has 1 heterocycles. The Bertz CT molecular complexity index is 669. The summed E-state index contributed by atoms with van der Waals surface area (Å²) >= 11 is 6.06. The van der Waals surface area contributed by atoms with Gasteiger partial charge in [-0.25, -0.2) is 9.78 Å². The second-order valence-electron chi connectivity index (χ2n) is 4.60. The number of nitrogens with one attached hydrogen (secondary N) is 2. The molecule has 0 saturated carbocycles. The number of benzene rings is 1. The summed E-state index contributed by atoms with van der Waals surface area (Å²) in [4.78, 5) is 29.1. The van der Waals surface area contributed by atoms with Gasteiger partial charge in [0.25, 0.3) is 5.91 Å². The molecule has 2 rings (SSSR count). The fraction of sp³-hybridized carbons (Fsp3) is 0.214. The number of H-pyrrole nitrogens is 1. The highest BCUT2D eigenvalue weighted by molar-refractivity contribution is 6.31. The maximum Gasteiger partial charge on any atom is 0.354 e. The molecular formula is C14H14ClN3O3. The van der Waals surface area contributed by atoms with Crippen LogP contribution in [0.1, 0.15) is 33.5 Å². The van der Waals surface area contributed by atoms with E-state index in [2.05, 4.69) is 15.3 Å². The van der Waals surface area contributed by atoms with Crippen molar-refractivity contribution in [1.82, 2.24) is 15.3 Å². The van der Waals surface area contributed by atoms with E-state index in [9.17, 15) is 9.59 Å². The first-order valence-corrected chi connectivity index (χ1v) is 6.67. The minimum Gasteiger partial charge on any atom is -0.477 e.